The van der Waals surface area contributed by atoms with Crippen LogP contribution in [0.3, 0.4) is 0 Å². The summed E-state index contributed by atoms with van der Waals surface area (Å²) in [5.74, 6) is -0.877. The van der Waals surface area contributed by atoms with Crippen molar-refractivity contribution in [1.82, 2.24) is 5.32 Å². The van der Waals surface area contributed by atoms with Crippen LogP contribution in [0.4, 0.5) is 11.4 Å². The van der Waals surface area contributed by atoms with Gasteiger partial charge in [-0.25, -0.2) is 8.42 Å². The van der Waals surface area contributed by atoms with Crippen LogP contribution in [0.5, 0.6) is 0 Å². The van der Waals surface area contributed by atoms with Gasteiger partial charge in [0.2, 0.25) is 10.0 Å². The molecule has 7 nitrogen and oxygen atoms in total. The molecule has 0 bridgehead atoms. The summed E-state index contributed by atoms with van der Waals surface area (Å²) in [6, 6.07) is 22.2. The summed E-state index contributed by atoms with van der Waals surface area (Å²) in [6.45, 7) is 1.88. The molecule has 3 N–H and O–H groups in total. The SMILES string of the molecule is CC(NC(=O)c1ccccc1NC(=O)c1ccccc1NS(C)(=O)=O)c1ccccc1. The van der Waals surface area contributed by atoms with Crippen molar-refractivity contribution in [2.24, 2.45) is 0 Å². The largest absolute Gasteiger partial charge is 0.345 e. The van der Waals surface area contributed by atoms with Gasteiger partial charge < -0.3 is 10.6 Å². The fourth-order valence-electron chi connectivity index (χ4n) is 3.05. The van der Waals surface area contributed by atoms with Crippen molar-refractivity contribution in [3.63, 3.8) is 0 Å². The average molecular weight is 438 g/mol. The van der Waals surface area contributed by atoms with Crippen LogP contribution in [-0.2, 0) is 10.0 Å². The molecule has 0 saturated carbocycles. The predicted molar refractivity (Wildman–Crippen MR) is 122 cm³/mol. The van der Waals surface area contributed by atoms with E-state index in [0.29, 0.717) is 11.3 Å². The third-order valence-electron chi connectivity index (χ3n) is 4.53. The molecule has 3 aromatic carbocycles. The van der Waals surface area contributed by atoms with E-state index in [9.17, 15) is 18.0 Å². The van der Waals surface area contributed by atoms with Gasteiger partial charge in [0, 0.05) is 0 Å². The number of hydrogen-bond donors (Lipinski definition) is 3. The number of nitrogens with one attached hydrogen (secondary N) is 3. The summed E-state index contributed by atoms with van der Waals surface area (Å²) in [7, 11) is -3.56. The Hall–Kier alpha value is -3.65. The highest BCUT2D eigenvalue weighted by molar-refractivity contribution is 7.92. The standard InChI is InChI=1S/C23H23N3O4S/c1-16(17-10-4-3-5-11-17)24-22(27)18-12-6-8-14-20(18)25-23(28)19-13-7-9-15-21(19)26-31(2,29)30/h3-16,26H,1-2H3,(H,24,27)(H,25,28). The van der Waals surface area contributed by atoms with E-state index in [0.717, 1.165) is 11.8 Å². The van der Waals surface area contributed by atoms with Crippen molar-refractivity contribution < 1.29 is 18.0 Å². The van der Waals surface area contributed by atoms with E-state index in [1.807, 2.05) is 37.3 Å². The van der Waals surface area contributed by atoms with Crippen LogP contribution in [-0.4, -0.2) is 26.5 Å². The van der Waals surface area contributed by atoms with Crippen molar-refractivity contribution in [2.45, 2.75) is 13.0 Å². The molecule has 31 heavy (non-hydrogen) atoms. The monoisotopic (exact) mass is 437 g/mol. The zero-order valence-corrected chi connectivity index (χ0v) is 17.9. The molecule has 0 aliphatic carbocycles. The van der Waals surface area contributed by atoms with Gasteiger partial charge in [-0.05, 0) is 36.8 Å². The van der Waals surface area contributed by atoms with Crippen LogP contribution in [0, 0.1) is 0 Å². The molecule has 0 saturated heterocycles. The number of amides is 2. The highest BCUT2D eigenvalue weighted by Gasteiger charge is 2.18. The van der Waals surface area contributed by atoms with Gasteiger partial charge in [0.25, 0.3) is 11.8 Å². The molecule has 0 aliphatic heterocycles. The maximum atomic E-state index is 12.9. The molecule has 0 fully saturated rings. The second-order valence-corrected chi connectivity index (χ2v) is 8.77. The van der Waals surface area contributed by atoms with Crippen molar-refractivity contribution in [3.8, 4) is 0 Å². The number of benzene rings is 3. The lowest BCUT2D eigenvalue weighted by Gasteiger charge is -2.17. The van der Waals surface area contributed by atoms with Gasteiger partial charge in [0.05, 0.1) is 34.8 Å². The highest BCUT2D eigenvalue weighted by atomic mass is 32.2. The zero-order chi connectivity index (χ0) is 22.4. The molecule has 3 rings (SSSR count). The second-order valence-electron chi connectivity index (χ2n) is 7.03. The first-order valence-electron chi connectivity index (χ1n) is 9.57. The Labute approximate surface area is 181 Å². The zero-order valence-electron chi connectivity index (χ0n) is 17.1. The number of rotatable bonds is 7. The van der Waals surface area contributed by atoms with Crippen LogP contribution in [0.25, 0.3) is 0 Å². The average Bonchev–Trinajstić information content (AvgIpc) is 2.74. The fourth-order valence-corrected chi connectivity index (χ4v) is 3.63. The van der Waals surface area contributed by atoms with Crippen molar-refractivity contribution in [1.29, 1.82) is 0 Å². The Bertz CT molecular complexity index is 1190. The Morgan fingerprint density at radius 2 is 1.26 bits per heavy atom. The minimum Gasteiger partial charge on any atom is -0.345 e. The predicted octanol–water partition coefficient (Wildman–Crippen LogP) is 3.80. The van der Waals surface area contributed by atoms with E-state index in [1.165, 1.54) is 12.1 Å². The Balaban J connectivity index is 1.81. The van der Waals surface area contributed by atoms with Gasteiger partial charge in [-0.15, -0.1) is 0 Å². The first-order valence-corrected chi connectivity index (χ1v) is 11.5. The van der Waals surface area contributed by atoms with Gasteiger partial charge >= 0.3 is 0 Å². The minimum absolute atomic E-state index is 0.140. The molecule has 2 amide bonds. The molecule has 0 aliphatic rings. The van der Waals surface area contributed by atoms with Crippen molar-refractivity contribution >= 4 is 33.2 Å². The highest BCUT2D eigenvalue weighted by Crippen LogP contribution is 2.21. The fraction of sp³-hybridized carbons (Fsp3) is 0.130. The van der Waals surface area contributed by atoms with Gasteiger partial charge in [0.1, 0.15) is 0 Å². The van der Waals surface area contributed by atoms with Crippen LogP contribution in [0.1, 0.15) is 39.2 Å². The molecular weight excluding hydrogens is 414 g/mol. The van der Waals surface area contributed by atoms with E-state index in [1.54, 1.807) is 36.4 Å². The third kappa shape index (κ3) is 5.93. The number of para-hydroxylation sites is 2. The van der Waals surface area contributed by atoms with E-state index in [2.05, 4.69) is 15.4 Å². The molecular formula is C23H23N3O4S. The number of carbonyl (C=O) groups is 2. The van der Waals surface area contributed by atoms with Crippen molar-refractivity contribution in [3.05, 3.63) is 95.6 Å². The summed E-state index contributed by atoms with van der Waals surface area (Å²) in [6.07, 6.45) is 1.01. The van der Waals surface area contributed by atoms with Gasteiger partial charge in [-0.3, -0.25) is 14.3 Å². The van der Waals surface area contributed by atoms with E-state index >= 15 is 0 Å². The molecule has 0 spiro atoms. The van der Waals surface area contributed by atoms with Crippen LogP contribution >= 0.6 is 0 Å². The first-order chi connectivity index (χ1) is 14.7. The normalized spacial score (nSPS) is 11.9. The first kappa shape index (κ1) is 22.0. The number of sulfonamides is 1. The lowest BCUT2D eigenvalue weighted by molar-refractivity contribution is 0.0940. The molecule has 1 unspecified atom stereocenters. The molecule has 0 radical (unpaired) electrons. The van der Waals surface area contributed by atoms with Crippen LogP contribution in [0.2, 0.25) is 0 Å². The maximum absolute atomic E-state index is 12.9. The van der Waals surface area contributed by atoms with Gasteiger partial charge in [0.15, 0.2) is 0 Å². The van der Waals surface area contributed by atoms with Crippen LogP contribution < -0.4 is 15.4 Å². The lowest BCUT2D eigenvalue weighted by atomic mass is 10.1. The number of hydrogen-bond acceptors (Lipinski definition) is 4. The molecule has 0 aromatic heterocycles. The van der Waals surface area contributed by atoms with E-state index < -0.39 is 15.9 Å². The molecule has 0 heterocycles. The Morgan fingerprint density at radius 1 is 0.742 bits per heavy atom. The summed E-state index contributed by atoms with van der Waals surface area (Å²) in [5.41, 5.74) is 1.87. The van der Waals surface area contributed by atoms with Crippen molar-refractivity contribution in [2.75, 3.05) is 16.3 Å². The molecule has 1 atom stereocenters. The summed E-state index contributed by atoms with van der Waals surface area (Å²) in [5, 5.41) is 5.64. The topological polar surface area (TPSA) is 104 Å². The van der Waals surface area contributed by atoms with E-state index in [-0.39, 0.29) is 23.2 Å². The second kappa shape index (κ2) is 9.44. The summed E-state index contributed by atoms with van der Waals surface area (Å²) < 4.78 is 25.5. The minimum atomic E-state index is -3.56. The molecule has 3 aromatic rings. The van der Waals surface area contributed by atoms with E-state index in [4.69, 9.17) is 0 Å². The number of carbonyl (C=O) groups excluding carboxylic acids is 2. The Kier molecular flexibility index (Phi) is 6.71. The summed E-state index contributed by atoms with van der Waals surface area (Å²) >= 11 is 0. The Morgan fingerprint density at radius 3 is 1.87 bits per heavy atom. The quantitative estimate of drug-likeness (QED) is 0.523. The molecule has 160 valence electrons. The third-order valence-corrected chi connectivity index (χ3v) is 5.12. The summed E-state index contributed by atoms with van der Waals surface area (Å²) in [4.78, 5) is 25.7. The number of anilines is 2. The van der Waals surface area contributed by atoms with Crippen LogP contribution in [0.15, 0.2) is 78.9 Å². The van der Waals surface area contributed by atoms with Gasteiger partial charge in [-0.2, -0.15) is 0 Å². The maximum Gasteiger partial charge on any atom is 0.257 e. The molecule has 8 heteroatoms. The smallest absolute Gasteiger partial charge is 0.257 e. The lowest BCUT2D eigenvalue weighted by Crippen LogP contribution is -2.28. The van der Waals surface area contributed by atoms with Gasteiger partial charge in [-0.1, -0.05) is 54.6 Å².